The summed E-state index contributed by atoms with van der Waals surface area (Å²) in [5.74, 6) is 0.519. The molecule has 6 heteroatoms. The van der Waals surface area contributed by atoms with Crippen molar-refractivity contribution in [1.29, 1.82) is 0 Å². The highest BCUT2D eigenvalue weighted by Gasteiger charge is 2.39. The molecule has 174 valence electrons. The van der Waals surface area contributed by atoms with Gasteiger partial charge in [-0.2, -0.15) is 0 Å². The van der Waals surface area contributed by atoms with E-state index in [1.54, 1.807) is 4.90 Å². The minimum Gasteiger partial charge on any atom is -0.368 e. The van der Waals surface area contributed by atoms with Crippen molar-refractivity contribution >= 4 is 23.2 Å². The number of halogens is 1. The van der Waals surface area contributed by atoms with Gasteiger partial charge in [0.25, 0.3) is 5.91 Å². The van der Waals surface area contributed by atoms with Gasteiger partial charge in [0.2, 0.25) is 5.96 Å². The van der Waals surface area contributed by atoms with E-state index in [2.05, 4.69) is 35.8 Å². The summed E-state index contributed by atoms with van der Waals surface area (Å²) in [4.78, 5) is 24.8. The first-order valence-corrected chi connectivity index (χ1v) is 11.8. The summed E-state index contributed by atoms with van der Waals surface area (Å²) in [6.45, 7) is 7.18. The van der Waals surface area contributed by atoms with Crippen molar-refractivity contribution in [2.45, 2.75) is 26.3 Å². The van der Waals surface area contributed by atoms with Crippen LogP contribution in [-0.4, -0.2) is 49.0 Å². The van der Waals surface area contributed by atoms with Crippen molar-refractivity contribution < 1.29 is 9.18 Å². The Labute approximate surface area is 200 Å². The summed E-state index contributed by atoms with van der Waals surface area (Å²) in [7, 11) is 0. The van der Waals surface area contributed by atoms with Gasteiger partial charge in [-0.05, 0) is 66.9 Å². The number of aliphatic imine (C=N–C) groups is 1. The largest absolute Gasteiger partial charge is 0.368 e. The normalized spacial score (nSPS) is 18.4. The number of hydrogen-bond acceptors (Lipinski definition) is 4. The Bertz CT molecular complexity index is 1200. The number of nitrogens with zero attached hydrogens (tertiary/aromatic N) is 4. The van der Waals surface area contributed by atoms with Crippen molar-refractivity contribution in [2.24, 2.45) is 4.99 Å². The second kappa shape index (κ2) is 9.29. The Balaban J connectivity index is 1.40. The van der Waals surface area contributed by atoms with E-state index >= 15 is 0 Å². The molecule has 0 aromatic heterocycles. The van der Waals surface area contributed by atoms with E-state index in [1.807, 2.05) is 48.5 Å². The fraction of sp³-hybridized carbons (Fsp3) is 0.286. The lowest BCUT2D eigenvalue weighted by Crippen LogP contribution is -2.53. The van der Waals surface area contributed by atoms with Gasteiger partial charge in [0.15, 0.2) is 0 Å². The van der Waals surface area contributed by atoms with E-state index in [0.29, 0.717) is 6.42 Å². The molecule has 0 radical (unpaired) electrons. The number of anilines is 2. The van der Waals surface area contributed by atoms with Gasteiger partial charge in [-0.1, -0.05) is 36.4 Å². The molecule has 1 saturated heterocycles. The highest BCUT2D eigenvalue weighted by molar-refractivity contribution is 6.22. The molecular weight excluding hydrogens is 427 g/mol. The van der Waals surface area contributed by atoms with Crippen molar-refractivity contribution in [3.05, 3.63) is 95.3 Å². The first-order valence-electron chi connectivity index (χ1n) is 11.8. The van der Waals surface area contributed by atoms with Crippen LogP contribution in [0.1, 0.15) is 16.7 Å². The van der Waals surface area contributed by atoms with Crippen LogP contribution in [0.5, 0.6) is 0 Å². The summed E-state index contributed by atoms with van der Waals surface area (Å²) in [5.41, 5.74) is 5.33. The second-order valence-electron chi connectivity index (χ2n) is 9.03. The van der Waals surface area contributed by atoms with Gasteiger partial charge in [0.1, 0.15) is 11.9 Å². The molecule has 0 spiro atoms. The van der Waals surface area contributed by atoms with Gasteiger partial charge in [0, 0.05) is 38.3 Å². The molecule has 0 saturated carbocycles. The molecule has 0 bridgehead atoms. The lowest BCUT2D eigenvalue weighted by Gasteiger charge is -2.38. The summed E-state index contributed by atoms with van der Waals surface area (Å²) in [6.07, 6.45) is 0.583. The quantitative estimate of drug-likeness (QED) is 0.577. The van der Waals surface area contributed by atoms with Crippen molar-refractivity contribution in [3.63, 3.8) is 0 Å². The average Bonchev–Trinajstić information content (AvgIpc) is 3.18. The van der Waals surface area contributed by atoms with Gasteiger partial charge in [-0.3, -0.25) is 4.79 Å². The molecule has 2 aliphatic heterocycles. The summed E-state index contributed by atoms with van der Waals surface area (Å²) in [6, 6.07) is 22.4. The maximum atomic E-state index is 13.6. The van der Waals surface area contributed by atoms with Crippen molar-refractivity contribution in [1.82, 2.24) is 4.90 Å². The minimum atomic E-state index is -0.436. The highest BCUT2D eigenvalue weighted by Crippen LogP contribution is 2.28. The minimum absolute atomic E-state index is 0.0167. The summed E-state index contributed by atoms with van der Waals surface area (Å²) in [5, 5.41) is 0. The van der Waals surface area contributed by atoms with Crippen LogP contribution in [0.3, 0.4) is 0 Å². The number of piperazine rings is 1. The van der Waals surface area contributed by atoms with Gasteiger partial charge >= 0.3 is 0 Å². The number of aryl methyl sites for hydroxylation is 2. The van der Waals surface area contributed by atoms with Gasteiger partial charge in [0.05, 0.1) is 5.69 Å². The Kier molecular flexibility index (Phi) is 6.05. The van der Waals surface area contributed by atoms with E-state index in [1.165, 1.54) is 17.7 Å². The molecule has 0 N–H and O–H groups in total. The number of rotatable bonds is 4. The van der Waals surface area contributed by atoms with Crippen LogP contribution in [0.25, 0.3) is 0 Å². The fourth-order valence-electron chi connectivity index (χ4n) is 4.62. The first-order chi connectivity index (χ1) is 16.5. The smallest absolute Gasteiger partial charge is 0.259 e. The number of carbonyl (C=O) groups excluding carboxylic acids is 1. The monoisotopic (exact) mass is 456 g/mol. The predicted molar refractivity (Wildman–Crippen MR) is 135 cm³/mol. The predicted octanol–water partition coefficient (Wildman–Crippen LogP) is 4.58. The van der Waals surface area contributed by atoms with Crippen LogP contribution < -0.4 is 9.80 Å². The Hall–Kier alpha value is -3.67. The third kappa shape index (κ3) is 4.40. The third-order valence-corrected chi connectivity index (χ3v) is 6.75. The van der Waals surface area contributed by atoms with Gasteiger partial charge in [-0.25, -0.2) is 14.3 Å². The number of guanidine groups is 1. The molecule has 1 unspecified atom stereocenters. The molecule has 1 fully saturated rings. The topological polar surface area (TPSA) is 39.2 Å². The summed E-state index contributed by atoms with van der Waals surface area (Å²) >= 11 is 0. The lowest BCUT2D eigenvalue weighted by molar-refractivity contribution is -0.118. The molecule has 5 rings (SSSR count). The van der Waals surface area contributed by atoms with E-state index in [0.717, 1.165) is 54.6 Å². The van der Waals surface area contributed by atoms with Gasteiger partial charge in [-0.15, -0.1) is 0 Å². The van der Waals surface area contributed by atoms with Crippen LogP contribution in [0.15, 0.2) is 77.8 Å². The molecule has 1 amide bonds. The molecule has 2 heterocycles. The Morgan fingerprint density at radius 1 is 0.824 bits per heavy atom. The Morgan fingerprint density at radius 2 is 1.47 bits per heavy atom. The molecular formula is C28H29FN4O. The third-order valence-electron chi connectivity index (χ3n) is 6.75. The Morgan fingerprint density at radius 3 is 2.15 bits per heavy atom. The fourth-order valence-corrected chi connectivity index (χ4v) is 4.62. The maximum absolute atomic E-state index is 13.6. The molecule has 3 aromatic carbocycles. The van der Waals surface area contributed by atoms with Crippen LogP contribution in [0.4, 0.5) is 15.8 Å². The molecule has 2 aliphatic rings. The van der Waals surface area contributed by atoms with Gasteiger partial charge < -0.3 is 9.80 Å². The van der Waals surface area contributed by atoms with E-state index in [4.69, 9.17) is 4.99 Å². The van der Waals surface area contributed by atoms with E-state index < -0.39 is 6.04 Å². The number of carbonyl (C=O) groups is 1. The number of amides is 1. The molecule has 5 nitrogen and oxygen atoms in total. The SMILES string of the molecule is Cc1ccc(N2C(=O)C(Cc3ccccc3)N=C2N2CCN(c3ccc(F)cc3)CC2)cc1C. The number of benzene rings is 3. The van der Waals surface area contributed by atoms with Crippen LogP contribution in [0.2, 0.25) is 0 Å². The van der Waals surface area contributed by atoms with Crippen LogP contribution >= 0.6 is 0 Å². The standard InChI is InChI=1S/C28H29FN4O/c1-20-8-11-25(18-21(20)2)33-27(34)26(19-22-6-4-3-5-7-22)30-28(33)32-16-14-31(15-17-32)24-12-9-23(29)10-13-24/h3-13,18,26H,14-17,19H2,1-2H3. The molecule has 34 heavy (non-hydrogen) atoms. The average molecular weight is 457 g/mol. The number of hydrogen-bond donors (Lipinski definition) is 0. The van der Waals surface area contributed by atoms with E-state index in [9.17, 15) is 9.18 Å². The van der Waals surface area contributed by atoms with Crippen molar-refractivity contribution in [2.75, 3.05) is 36.0 Å². The zero-order chi connectivity index (χ0) is 23.7. The second-order valence-corrected chi connectivity index (χ2v) is 9.03. The molecule has 0 aliphatic carbocycles. The van der Waals surface area contributed by atoms with Crippen LogP contribution in [-0.2, 0) is 11.2 Å². The summed E-state index contributed by atoms with van der Waals surface area (Å²) < 4.78 is 13.3. The van der Waals surface area contributed by atoms with Crippen LogP contribution in [0, 0.1) is 19.7 Å². The van der Waals surface area contributed by atoms with Crippen molar-refractivity contribution in [3.8, 4) is 0 Å². The van der Waals surface area contributed by atoms with E-state index in [-0.39, 0.29) is 11.7 Å². The maximum Gasteiger partial charge on any atom is 0.259 e. The lowest BCUT2D eigenvalue weighted by atomic mass is 10.1. The first kappa shape index (κ1) is 22.1. The highest BCUT2D eigenvalue weighted by atomic mass is 19.1. The zero-order valence-electron chi connectivity index (χ0n) is 19.6. The zero-order valence-corrected chi connectivity index (χ0v) is 19.6. The molecule has 3 aromatic rings. The molecule has 1 atom stereocenters.